The van der Waals surface area contributed by atoms with Gasteiger partial charge >= 0.3 is 19.1 Å². The largest absolute Gasteiger partial charge is 0.494 e. The average Bonchev–Trinajstić information content (AvgIpc) is 3.69. The van der Waals surface area contributed by atoms with Gasteiger partial charge in [0, 0.05) is 33.0 Å². The highest BCUT2D eigenvalue weighted by molar-refractivity contribution is 7.19. The quantitative estimate of drug-likeness (QED) is 0.0338. The molecule has 2 atom stereocenters. The van der Waals surface area contributed by atoms with Gasteiger partial charge in [-0.05, 0) is 132 Å². The molecular formula is C56H56BCl2FN2O12S2. The van der Waals surface area contributed by atoms with E-state index < -0.39 is 71.5 Å². The third-order valence-corrected chi connectivity index (χ3v) is 15.6. The van der Waals surface area contributed by atoms with Gasteiger partial charge in [-0.3, -0.25) is 19.2 Å². The topological polar surface area (TPSA) is 195 Å². The first-order valence-electron chi connectivity index (χ1n) is 24.5. The van der Waals surface area contributed by atoms with Crippen molar-refractivity contribution in [3.63, 3.8) is 0 Å². The van der Waals surface area contributed by atoms with E-state index >= 15 is 0 Å². The van der Waals surface area contributed by atoms with E-state index in [0.717, 1.165) is 65.1 Å². The highest BCUT2D eigenvalue weighted by atomic mass is 35.5. The van der Waals surface area contributed by atoms with E-state index in [1.54, 1.807) is 85.8 Å². The van der Waals surface area contributed by atoms with Gasteiger partial charge in [-0.2, -0.15) is 0 Å². The number of Topliss-reactive ketones (excluding diaryl/α,β-unsaturated/α-hetero) is 3. The van der Waals surface area contributed by atoms with Crippen LogP contribution in [0.2, 0.25) is 8.67 Å². The minimum atomic E-state index is -1.45. The summed E-state index contributed by atoms with van der Waals surface area (Å²) in [5.41, 5.74) is 2.79. The third kappa shape index (κ3) is 14.9. The lowest BCUT2D eigenvalue weighted by atomic mass is 9.78. The average molecular weight is 1110 g/mol. The van der Waals surface area contributed by atoms with Gasteiger partial charge in [-0.15, -0.1) is 22.7 Å². The predicted octanol–water partition coefficient (Wildman–Crippen LogP) is 10.3. The molecule has 0 unspecified atom stereocenters. The van der Waals surface area contributed by atoms with E-state index in [1.807, 2.05) is 39.8 Å². The Morgan fingerprint density at radius 3 is 1.70 bits per heavy atom. The van der Waals surface area contributed by atoms with E-state index in [0.29, 0.717) is 26.3 Å². The second-order valence-corrected chi connectivity index (χ2v) is 22.6. The summed E-state index contributed by atoms with van der Waals surface area (Å²) in [6.07, 6.45) is 2.72. The molecular weight excluding hydrogens is 1060 g/mol. The first-order chi connectivity index (χ1) is 36.1. The zero-order valence-electron chi connectivity index (χ0n) is 42.3. The molecule has 2 aliphatic heterocycles. The van der Waals surface area contributed by atoms with Crippen molar-refractivity contribution in [2.45, 2.75) is 89.8 Å². The Hall–Kier alpha value is -6.09. The maximum Gasteiger partial charge on any atom is 0.494 e. The van der Waals surface area contributed by atoms with E-state index in [2.05, 4.69) is 10.2 Å². The Kier molecular flexibility index (Phi) is 19.2. The van der Waals surface area contributed by atoms with Crippen LogP contribution in [0.3, 0.4) is 0 Å². The fourth-order valence-electron chi connectivity index (χ4n) is 7.95. The van der Waals surface area contributed by atoms with Crippen LogP contribution in [0.1, 0.15) is 103 Å². The molecule has 0 radical (unpaired) electrons. The first-order valence-corrected chi connectivity index (χ1v) is 26.9. The van der Waals surface area contributed by atoms with Crippen LogP contribution in [-0.4, -0.2) is 107 Å². The Bertz CT molecular complexity index is 3030. The summed E-state index contributed by atoms with van der Waals surface area (Å²) in [6, 6.07) is 30.7. The summed E-state index contributed by atoms with van der Waals surface area (Å²) >= 11 is 14.7. The molecule has 0 bridgehead atoms. The molecule has 2 saturated heterocycles. The number of carboxylic acids is 1. The highest BCUT2D eigenvalue weighted by Crippen LogP contribution is 2.37. The number of amides is 1. The maximum absolute atomic E-state index is 14.6. The summed E-state index contributed by atoms with van der Waals surface area (Å²) in [5, 5.41) is 22.4. The van der Waals surface area contributed by atoms with E-state index in [9.17, 15) is 38.3 Å². The molecule has 9 rings (SSSR count). The van der Waals surface area contributed by atoms with Gasteiger partial charge in [0.15, 0.2) is 11.6 Å². The van der Waals surface area contributed by atoms with Crippen molar-refractivity contribution < 1.29 is 62.2 Å². The summed E-state index contributed by atoms with van der Waals surface area (Å²) in [4.78, 5) is 74.9. The molecule has 76 heavy (non-hydrogen) atoms. The fourth-order valence-corrected chi connectivity index (χ4v) is 10.0. The van der Waals surface area contributed by atoms with Crippen molar-refractivity contribution in [3.8, 4) is 26.6 Å². The van der Waals surface area contributed by atoms with Crippen molar-refractivity contribution in [1.29, 1.82) is 0 Å². The number of carbonyl (C=O) groups is 6. The third-order valence-electron chi connectivity index (χ3n) is 13.0. The number of thiophene rings is 2. The van der Waals surface area contributed by atoms with E-state index in [1.165, 1.54) is 46.9 Å². The van der Waals surface area contributed by atoms with Crippen molar-refractivity contribution in [2.75, 3.05) is 26.2 Å². The number of carboxylic acid groups (broad SMARTS) is 1. The number of benzene rings is 4. The van der Waals surface area contributed by atoms with Crippen LogP contribution in [0, 0.1) is 5.82 Å². The fraction of sp³-hybridized carbons (Fsp3) is 0.321. The number of aliphatic carboxylic acids is 1. The number of ketones is 3. The van der Waals surface area contributed by atoms with Crippen LogP contribution in [0.25, 0.3) is 20.9 Å². The van der Waals surface area contributed by atoms with Crippen LogP contribution in [-0.2, 0) is 28.4 Å². The monoisotopic (exact) mass is 1110 g/mol. The second-order valence-electron chi connectivity index (χ2n) is 19.1. The van der Waals surface area contributed by atoms with Crippen molar-refractivity contribution >= 4 is 93.7 Å². The molecule has 3 fully saturated rings. The molecule has 2 aromatic heterocycles. The SMILES string of the molecule is CCOC(=O)C(=O)c1ccc(B2OC(C)(C)C(C)(C)O2)cc1.O=C(N[C@H](CN1CCCC1)[C@H](O)c1ccc(OC2CC2)c(F)c1)C(=O)c1ccc(-c2ccc(Cl)s2)cc1.O=C(O)C(=O)c1ccc(-c2ccc(Cl)s2)cc1. The molecule has 1 saturated carbocycles. The van der Waals surface area contributed by atoms with Gasteiger partial charge in [-0.25, -0.2) is 14.0 Å². The minimum Gasteiger partial charge on any atom is -0.487 e. The van der Waals surface area contributed by atoms with Crippen LogP contribution >= 0.6 is 45.9 Å². The van der Waals surface area contributed by atoms with Crippen LogP contribution in [0.15, 0.2) is 115 Å². The predicted molar refractivity (Wildman–Crippen MR) is 292 cm³/mol. The zero-order valence-corrected chi connectivity index (χ0v) is 45.5. The number of nitrogens with zero attached hydrogens (tertiary/aromatic N) is 1. The van der Waals surface area contributed by atoms with Gasteiger partial charge in [0.05, 0.1) is 38.6 Å². The lowest BCUT2D eigenvalue weighted by molar-refractivity contribution is -0.137. The van der Waals surface area contributed by atoms with Gasteiger partial charge < -0.3 is 39.2 Å². The van der Waals surface area contributed by atoms with Crippen molar-refractivity contribution in [1.82, 2.24) is 10.2 Å². The number of halogens is 3. The molecule has 398 valence electrons. The Balaban J connectivity index is 0.000000183. The van der Waals surface area contributed by atoms with E-state index in [4.69, 9.17) is 47.1 Å². The standard InChI is InChI=1S/C28H28ClFN2O4S.C16H21BO5.C12H7ClO3S/c29-25-12-11-24(37-25)17-3-5-18(6-4-17)27(34)28(35)31-22(16-32-13-1-2-14-32)26(33)19-7-10-23(21(30)15-19)36-20-8-9-20;1-6-20-14(19)13(18)11-7-9-12(10-8-11)17-21-15(2,3)16(4,5)22-17;13-10-6-5-9(17-10)7-1-3-8(4-2-7)11(14)12(15)16/h3-7,10-12,15,20,22,26,33H,1-2,8-9,13-14,16H2,(H,31,35);7-10H,6H2,1-5H3;1-6H,(H,15,16)/t22-,26-;;/m1../s1. The molecule has 6 aromatic rings. The number of nitrogens with one attached hydrogen (secondary N) is 1. The number of hydrogen-bond acceptors (Lipinski definition) is 14. The van der Waals surface area contributed by atoms with Crippen LogP contribution in [0.4, 0.5) is 4.39 Å². The normalized spacial score (nSPS) is 16.2. The summed E-state index contributed by atoms with van der Waals surface area (Å²) in [5.74, 6) is -5.76. The van der Waals surface area contributed by atoms with Gasteiger partial charge in [0.2, 0.25) is 5.78 Å². The zero-order chi connectivity index (χ0) is 54.9. The van der Waals surface area contributed by atoms with Crippen LogP contribution < -0.4 is 15.5 Å². The number of ether oxygens (including phenoxy) is 2. The van der Waals surface area contributed by atoms with Gasteiger partial charge in [0.1, 0.15) is 6.10 Å². The molecule has 20 heteroatoms. The summed E-state index contributed by atoms with van der Waals surface area (Å²) in [7, 11) is -0.489. The van der Waals surface area contributed by atoms with Crippen molar-refractivity contribution in [2.24, 2.45) is 0 Å². The number of likely N-dealkylation sites (tertiary alicyclic amines) is 1. The lowest BCUT2D eigenvalue weighted by Crippen LogP contribution is -2.48. The van der Waals surface area contributed by atoms with Gasteiger partial charge in [0.25, 0.3) is 17.5 Å². The Labute approximate surface area is 458 Å². The first kappa shape index (κ1) is 57.6. The Morgan fingerprint density at radius 2 is 1.24 bits per heavy atom. The molecule has 1 amide bonds. The molecule has 3 aliphatic rings. The molecule has 4 aromatic carbocycles. The maximum atomic E-state index is 14.6. The number of aliphatic hydroxyl groups excluding tert-OH is 1. The Morgan fingerprint density at radius 1 is 0.737 bits per heavy atom. The molecule has 4 heterocycles. The number of hydrogen-bond donors (Lipinski definition) is 3. The smallest absolute Gasteiger partial charge is 0.487 e. The van der Waals surface area contributed by atoms with Crippen molar-refractivity contribution in [3.05, 3.63) is 152 Å². The van der Waals surface area contributed by atoms with E-state index in [-0.39, 0.29) is 29.6 Å². The molecule has 14 nitrogen and oxygen atoms in total. The number of esters is 1. The number of aliphatic hydroxyl groups is 1. The van der Waals surface area contributed by atoms with Crippen LogP contribution in [0.5, 0.6) is 5.75 Å². The summed E-state index contributed by atoms with van der Waals surface area (Å²) in [6.45, 7) is 11.8. The number of rotatable bonds is 17. The van der Waals surface area contributed by atoms with Gasteiger partial charge in [-0.1, -0.05) is 102 Å². The summed E-state index contributed by atoms with van der Waals surface area (Å²) < 4.78 is 38.1. The highest BCUT2D eigenvalue weighted by Gasteiger charge is 2.51. The molecule has 3 N–H and O–H groups in total. The number of carbonyl (C=O) groups excluding carboxylic acids is 5. The molecule has 1 aliphatic carbocycles. The second kappa shape index (κ2) is 25.4. The molecule has 0 spiro atoms. The minimum absolute atomic E-state index is 0.0515. The lowest BCUT2D eigenvalue weighted by Gasteiger charge is -2.32.